The second-order valence-electron chi connectivity index (χ2n) is 5.53. The highest BCUT2D eigenvalue weighted by Gasteiger charge is 2.02. The summed E-state index contributed by atoms with van der Waals surface area (Å²) >= 11 is 0. The van der Waals surface area contributed by atoms with Crippen molar-refractivity contribution in [2.45, 2.75) is 33.2 Å². The summed E-state index contributed by atoms with van der Waals surface area (Å²) in [6.45, 7) is 6.43. The number of nitrogens with one attached hydrogen (secondary N) is 2. The van der Waals surface area contributed by atoms with Gasteiger partial charge in [0.2, 0.25) is 5.88 Å². The highest BCUT2D eigenvalue weighted by molar-refractivity contribution is 14.0. The normalized spacial score (nSPS) is 10.8. The number of hydrogen-bond acceptors (Lipinski definition) is 3. The Morgan fingerprint density at radius 2 is 1.92 bits per heavy atom. The number of halogens is 2. The predicted molar refractivity (Wildman–Crippen MR) is 114 cm³/mol. The van der Waals surface area contributed by atoms with Gasteiger partial charge in [0.05, 0.1) is 6.54 Å². The van der Waals surface area contributed by atoms with Crippen LogP contribution in [0, 0.1) is 5.82 Å². The summed E-state index contributed by atoms with van der Waals surface area (Å²) in [5.41, 5.74) is 0.986. The minimum Gasteiger partial charge on any atom is -0.439 e. The lowest BCUT2D eigenvalue weighted by molar-refractivity contribution is 0.460. The molecule has 2 aromatic rings. The highest BCUT2D eigenvalue weighted by atomic mass is 127. The van der Waals surface area contributed by atoms with Gasteiger partial charge in [0, 0.05) is 25.4 Å². The molecule has 0 unspecified atom stereocenters. The number of aliphatic imine (C=N–C) groups is 1. The largest absolute Gasteiger partial charge is 0.439 e. The first kappa shape index (κ1) is 22.1. The molecule has 2 N–H and O–H groups in total. The zero-order valence-corrected chi connectivity index (χ0v) is 17.5. The van der Waals surface area contributed by atoms with E-state index in [9.17, 15) is 4.39 Å². The van der Waals surface area contributed by atoms with Gasteiger partial charge in [-0.25, -0.2) is 14.4 Å². The third-order valence-corrected chi connectivity index (χ3v) is 3.42. The van der Waals surface area contributed by atoms with Gasteiger partial charge in [-0.05, 0) is 49.2 Å². The van der Waals surface area contributed by atoms with Crippen molar-refractivity contribution in [3.8, 4) is 11.6 Å². The number of unbranched alkanes of at least 4 members (excludes halogenated alkanes) is 1. The fourth-order valence-electron chi connectivity index (χ4n) is 2.12. The third kappa shape index (κ3) is 7.99. The Morgan fingerprint density at radius 1 is 1.15 bits per heavy atom. The van der Waals surface area contributed by atoms with E-state index in [1.807, 2.05) is 19.1 Å². The van der Waals surface area contributed by atoms with Gasteiger partial charge in [0.15, 0.2) is 5.96 Å². The van der Waals surface area contributed by atoms with Crippen LogP contribution in [0.3, 0.4) is 0 Å². The SMILES string of the molecule is CCCCNC(=NCc1ccnc(Oc2ccc(F)cc2)c1)NCC.I. The van der Waals surface area contributed by atoms with E-state index in [0.29, 0.717) is 18.2 Å². The standard InChI is InChI=1S/C19H25FN4O.HI/c1-3-5-11-23-19(21-4-2)24-14-15-10-12-22-18(13-15)25-17-8-6-16(20)7-9-17;/h6-10,12-13H,3-5,11,14H2,1-2H3,(H2,21,23,24);1H. The van der Waals surface area contributed by atoms with Crippen molar-refractivity contribution >= 4 is 29.9 Å². The topological polar surface area (TPSA) is 58.5 Å². The minimum absolute atomic E-state index is 0. The van der Waals surface area contributed by atoms with Crippen LogP contribution in [0.1, 0.15) is 32.3 Å². The smallest absolute Gasteiger partial charge is 0.219 e. The van der Waals surface area contributed by atoms with E-state index in [0.717, 1.165) is 37.5 Å². The average Bonchev–Trinajstić information content (AvgIpc) is 2.62. The molecule has 0 atom stereocenters. The van der Waals surface area contributed by atoms with Crippen molar-refractivity contribution in [2.75, 3.05) is 13.1 Å². The van der Waals surface area contributed by atoms with Gasteiger partial charge in [-0.2, -0.15) is 0 Å². The summed E-state index contributed by atoms with van der Waals surface area (Å²) in [5.74, 6) is 1.51. The lowest BCUT2D eigenvalue weighted by Crippen LogP contribution is -2.37. The Kier molecular flexibility index (Phi) is 10.6. The molecule has 0 radical (unpaired) electrons. The van der Waals surface area contributed by atoms with Gasteiger partial charge in [0.25, 0.3) is 0 Å². The zero-order valence-electron chi connectivity index (χ0n) is 15.2. The van der Waals surface area contributed by atoms with Crippen LogP contribution in [-0.4, -0.2) is 24.0 Å². The molecule has 1 aromatic carbocycles. The molecule has 1 heterocycles. The first-order chi connectivity index (χ1) is 12.2. The first-order valence-corrected chi connectivity index (χ1v) is 8.61. The number of benzene rings is 1. The quantitative estimate of drug-likeness (QED) is 0.257. The lowest BCUT2D eigenvalue weighted by Gasteiger charge is -2.11. The third-order valence-electron chi connectivity index (χ3n) is 3.42. The zero-order chi connectivity index (χ0) is 17.9. The van der Waals surface area contributed by atoms with E-state index in [1.165, 1.54) is 12.1 Å². The maximum atomic E-state index is 12.9. The molecule has 0 aliphatic heterocycles. The van der Waals surface area contributed by atoms with E-state index in [4.69, 9.17) is 4.74 Å². The van der Waals surface area contributed by atoms with Crippen LogP contribution >= 0.6 is 24.0 Å². The molecule has 0 amide bonds. The molecule has 0 spiro atoms. The van der Waals surface area contributed by atoms with Crippen molar-refractivity contribution in [2.24, 2.45) is 4.99 Å². The number of hydrogen-bond donors (Lipinski definition) is 2. The van der Waals surface area contributed by atoms with Gasteiger partial charge in [-0.3, -0.25) is 0 Å². The van der Waals surface area contributed by atoms with Crippen LogP contribution < -0.4 is 15.4 Å². The second-order valence-corrected chi connectivity index (χ2v) is 5.53. The molecule has 7 heteroatoms. The molecule has 0 aliphatic carbocycles. The highest BCUT2D eigenvalue weighted by Crippen LogP contribution is 2.20. The molecule has 5 nitrogen and oxygen atoms in total. The molecule has 0 bridgehead atoms. The van der Waals surface area contributed by atoms with Crippen molar-refractivity contribution in [3.05, 3.63) is 54.0 Å². The first-order valence-electron chi connectivity index (χ1n) is 8.61. The predicted octanol–water partition coefficient (Wildman–Crippen LogP) is 4.49. The number of pyridine rings is 1. The lowest BCUT2D eigenvalue weighted by atomic mass is 10.2. The maximum absolute atomic E-state index is 12.9. The van der Waals surface area contributed by atoms with Crippen molar-refractivity contribution in [3.63, 3.8) is 0 Å². The van der Waals surface area contributed by atoms with Crippen molar-refractivity contribution in [1.82, 2.24) is 15.6 Å². The summed E-state index contributed by atoms with van der Waals surface area (Å²) in [6, 6.07) is 9.59. The van der Waals surface area contributed by atoms with E-state index in [2.05, 4.69) is 27.5 Å². The number of aromatic nitrogens is 1. The maximum Gasteiger partial charge on any atom is 0.219 e. The van der Waals surface area contributed by atoms with Crippen LogP contribution in [-0.2, 0) is 6.54 Å². The van der Waals surface area contributed by atoms with Crippen LogP contribution in [0.5, 0.6) is 11.6 Å². The van der Waals surface area contributed by atoms with E-state index >= 15 is 0 Å². The summed E-state index contributed by atoms with van der Waals surface area (Å²) in [4.78, 5) is 8.76. The molecular formula is C19H26FIN4O. The van der Waals surface area contributed by atoms with Gasteiger partial charge in [-0.15, -0.1) is 24.0 Å². The fourth-order valence-corrected chi connectivity index (χ4v) is 2.12. The van der Waals surface area contributed by atoms with Gasteiger partial charge in [0.1, 0.15) is 11.6 Å². The molecule has 2 rings (SSSR count). The summed E-state index contributed by atoms with van der Waals surface area (Å²) in [5, 5.41) is 6.54. The number of ether oxygens (including phenoxy) is 1. The second kappa shape index (κ2) is 12.5. The van der Waals surface area contributed by atoms with Gasteiger partial charge in [-0.1, -0.05) is 13.3 Å². The van der Waals surface area contributed by atoms with Crippen LogP contribution in [0.4, 0.5) is 4.39 Å². The molecule has 0 saturated carbocycles. The van der Waals surface area contributed by atoms with Crippen molar-refractivity contribution < 1.29 is 9.13 Å². The minimum atomic E-state index is -0.296. The Morgan fingerprint density at radius 3 is 2.62 bits per heavy atom. The van der Waals surface area contributed by atoms with Crippen molar-refractivity contribution in [1.29, 1.82) is 0 Å². The number of nitrogens with zero attached hydrogens (tertiary/aromatic N) is 2. The van der Waals surface area contributed by atoms with Crippen LogP contribution in [0.2, 0.25) is 0 Å². The van der Waals surface area contributed by atoms with E-state index in [1.54, 1.807) is 18.3 Å². The van der Waals surface area contributed by atoms with Crippen LogP contribution in [0.15, 0.2) is 47.6 Å². The Balaban J connectivity index is 0.00000338. The Labute approximate surface area is 171 Å². The summed E-state index contributed by atoms with van der Waals surface area (Å²) in [7, 11) is 0. The van der Waals surface area contributed by atoms with Crippen LogP contribution in [0.25, 0.3) is 0 Å². The molecular weight excluding hydrogens is 446 g/mol. The average molecular weight is 472 g/mol. The fraction of sp³-hybridized carbons (Fsp3) is 0.368. The molecule has 142 valence electrons. The molecule has 0 aliphatic rings. The number of rotatable bonds is 8. The molecule has 0 saturated heterocycles. The molecule has 0 fully saturated rings. The van der Waals surface area contributed by atoms with Gasteiger partial charge < -0.3 is 15.4 Å². The van der Waals surface area contributed by atoms with Gasteiger partial charge >= 0.3 is 0 Å². The molecule has 26 heavy (non-hydrogen) atoms. The monoisotopic (exact) mass is 472 g/mol. The molecule has 1 aromatic heterocycles. The summed E-state index contributed by atoms with van der Waals surface area (Å²) < 4.78 is 18.6. The van der Waals surface area contributed by atoms with E-state index in [-0.39, 0.29) is 29.8 Å². The Hall–Kier alpha value is -1.90. The number of guanidine groups is 1. The Bertz CT molecular complexity index is 679. The van der Waals surface area contributed by atoms with E-state index < -0.39 is 0 Å². The summed E-state index contributed by atoms with van der Waals surface area (Å²) in [6.07, 6.45) is 3.93.